The SMILES string of the molecule is CN(C)C1CCCN(c2cc(NN)nc(C(F)(F)F)n2)C1. The number of likely N-dealkylation sites (N-methyl/N-ethyl adjacent to an activating group) is 1. The fourth-order valence-electron chi connectivity index (χ4n) is 2.38. The summed E-state index contributed by atoms with van der Waals surface area (Å²) < 4.78 is 38.5. The summed E-state index contributed by atoms with van der Waals surface area (Å²) >= 11 is 0. The van der Waals surface area contributed by atoms with Gasteiger partial charge >= 0.3 is 6.18 Å². The second kappa shape index (κ2) is 6.02. The van der Waals surface area contributed by atoms with Crippen LogP contribution in [0.5, 0.6) is 0 Å². The van der Waals surface area contributed by atoms with Gasteiger partial charge in [-0.3, -0.25) is 0 Å². The van der Waals surface area contributed by atoms with Crippen molar-refractivity contribution in [1.82, 2.24) is 14.9 Å². The Morgan fingerprint density at radius 1 is 1.38 bits per heavy atom. The highest BCUT2D eigenvalue weighted by Crippen LogP contribution is 2.30. The van der Waals surface area contributed by atoms with Crippen molar-refractivity contribution in [3.63, 3.8) is 0 Å². The predicted octanol–water partition coefficient (Wildman–Crippen LogP) is 1.31. The number of anilines is 2. The van der Waals surface area contributed by atoms with Crippen LogP contribution in [0.15, 0.2) is 6.07 Å². The molecule has 21 heavy (non-hydrogen) atoms. The highest BCUT2D eigenvalue weighted by molar-refractivity contribution is 5.49. The second-order valence-electron chi connectivity index (χ2n) is 5.28. The maximum absolute atomic E-state index is 12.8. The molecule has 1 aromatic heterocycles. The molecule has 0 spiro atoms. The molecular weight excluding hydrogens is 285 g/mol. The van der Waals surface area contributed by atoms with Crippen molar-refractivity contribution in [3.8, 4) is 0 Å². The van der Waals surface area contributed by atoms with Crippen LogP contribution in [0.3, 0.4) is 0 Å². The Balaban J connectivity index is 2.30. The molecule has 0 amide bonds. The maximum Gasteiger partial charge on any atom is 0.451 e. The number of halogens is 3. The molecule has 1 aliphatic heterocycles. The van der Waals surface area contributed by atoms with Gasteiger partial charge in [0.2, 0.25) is 5.82 Å². The van der Waals surface area contributed by atoms with Crippen molar-refractivity contribution < 1.29 is 13.2 Å². The molecule has 0 bridgehead atoms. The molecule has 0 saturated carbocycles. The molecule has 0 aliphatic carbocycles. The smallest absolute Gasteiger partial charge is 0.355 e. The van der Waals surface area contributed by atoms with E-state index in [2.05, 4.69) is 20.3 Å². The number of nitrogens with zero attached hydrogens (tertiary/aromatic N) is 4. The molecule has 6 nitrogen and oxygen atoms in total. The normalized spacial score (nSPS) is 20.0. The Hall–Kier alpha value is -1.61. The fraction of sp³-hybridized carbons (Fsp3) is 0.667. The van der Waals surface area contributed by atoms with E-state index in [4.69, 9.17) is 5.84 Å². The molecule has 1 atom stereocenters. The van der Waals surface area contributed by atoms with Gasteiger partial charge in [-0.1, -0.05) is 0 Å². The molecule has 1 aromatic rings. The third kappa shape index (κ3) is 3.73. The van der Waals surface area contributed by atoms with Crippen molar-refractivity contribution in [2.45, 2.75) is 25.1 Å². The lowest BCUT2D eigenvalue weighted by Crippen LogP contribution is -2.45. The molecule has 1 fully saturated rings. The minimum atomic E-state index is -4.60. The average Bonchev–Trinajstić information content (AvgIpc) is 2.46. The highest BCUT2D eigenvalue weighted by atomic mass is 19.4. The van der Waals surface area contributed by atoms with Crippen LogP contribution in [0.4, 0.5) is 24.8 Å². The van der Waals surface area contributed by atoms with E-state index in [9.17, 15) is 13.2 Å². The molecule has 2 rings (SSSR count). The molecule has 0 radical (unpaired) electrons. The number of piperidine rings is 1. The monoisotopic (exact) mass is 304 g/mol. The van der Waals surface area contributed by atoms with Crippen molar-refractivity contribution in [1.29, 1.82) is 0 Å². The summed E-state index contributed by atoms with van der Waals surface area (Å²) in [4.78, 5) is 10.9. The summed E-state index contributed by atoms with van der Waals surface area (Å²) in [6.07, 6.45) is -2.68. The van der Waals surface area contributed by atoms with Crippen molar-refractivity contribution in [3.05, 3.63) is 11.9 Å². The number of rotatable bonds is 3. The van der Waals surface area contributed by atoms with Crippen LogP contribution in [-0.2, 0) is 6.18 Å². The van der Waals surface area contributed by atoms with E-state index < -0.39 is 12.0 Å². The van der Waals surface area contributed by atoms with Gasteiger partial charge in [0.15, 0.2) is 0 Å². The van der Waals surface area contributed by atoms with Crippen molar-refractivity contribution in [2.24, 2.45) is 5.84 Å². The van der Waals surface area contributed by atoms with Crippen LogP contribution in [0.2, 0.25) is 0 Å². The van der Waals surface area contributed by atoms with Crippen LogP contribution < -0.4 is 16.2 Å². The van der Waals surface area contributed by atoms with Crippen LogP contribution in [0.25, 0.3) is 0 Å². The number of hydrogen-bond acceptors (Lipinski definition) is 6. The van der Waals surface area contributed by atoms with Gasteiger partial charge in [-0.2, -0.15) is 13.2 Å². The zero-order valence-electron chi connectivity index (χ0n) is 12.0. The minimum absolute atomic E-state index is 0.0423. The lowest BCUT2D eigenvalue weighted by molar-refractivity contribution is -0.144. The lowest BCUT2D eigenvalue weighted by atomic mass is 10.1. The van der Waals surface area contributed by atoms with Crippen molar-refractivity contribution in [2.75, 3.05) is 37.5 Å². The first-order valence-corrected chi connectivity index (χ1v) is 6.65. The first-order valence-electron chi connectivity index (χ1n) is 6.65. The number of aromatic nitrogens is 2. The summed E-state index contributed by atoms with van der Waals surface area (Å²) in [7, 11) is 3.92. The van der Waals surface area contributed by atoms with Crippen LogP contribution in [0, 0.1) is 0 Å². The van der Waals surface area contributed by atoms with Gasteiger partial charge in [-0.15, -0.1) is 0 Å². The van der Waals surface area contributed by atoms with E-state index in [0.29, 0.717) is 13.1 Å². The third-order valence-corrected chi connectivity index (χ3v) is 3.56. The summed E-state index contributed by atoms with van der Waals surface area (Å²) in [5.41, 5.74) is 2.16. The van der Waals surface area contributed by atoms with Crippen LogP contribution in [-0.4, -0.2) is 48.1 Å². The standard InChI is InChI=1S/C12H19F3N6/c1-20(2)8-4-3-5-21(7-8)10-6-9(19-16)17-11(18-10)12(13,14)15/h6,8H,3-5,7,16H2,1-2H3,(H,17,18,19). The zero-order valence-corrected chi connectivity index (χ0v) is 12.0. The first kappa shape index (κ1) is 15.8. The van der Waals surface area contributed by atoms with E-state index in [1.807, 2.05) is 19.0 Å². The van der Waals surface area contributed by atoms with Gasteiger partial charge < -0.3 is 15.2 Å². The Morgan fingerprint density at radius 2 is 2.10 bits per heavy atom. The summed E-state index contributed by atoms with van der Waals surface area (Å²) in [6.45, 7) is 1.30. The van der Waals surface area contributed by atoms with E-state index in [1.165, 1.54) is 6.07 Å². The summed E-state index contributed by atoms with van der Waals surface area (Å²) in [6, 6.07) is 1.73. The molecule has 1 unspecified atom stereocenters. The Morgan fingerprint density at radius 3 is 2.67 bits per heavy atom. The molecule has 1 saturated heterocycles. The maximum atomic E-state index is 12.8. The fourth-order valence-corrected chi connectivity index (χ4v) is 2.38. The van der Waals surface area contributed by atoms with Crippen LogP contribution in [0.1, 0.15) is 18.7 Å². The topological polar surface area (TPSA) is 70.3 Å². The number of nitrogens with two attached hydrogens (primary N) is 1. The average molecular weight is 304 g/mol. The van der Waals surface area contributed by atoms with Gasteiger partial charge in [-0.25, -0.2) is 15.8 Å². The first-order chi connectivity index (χ1) is 9.81. The molecule has 0 aromatic carbocycles. The van der Waals surface area contributed by atoms with E-state index in [0.717, 1.165) is 12.8 Å². The van der Waals surface area contributed by atoms with Crippen LogP contribution >= 0.6 is 0 Å². The van der Waals surface area contributed by atoms with Gasteiger partial charge in [0.1, 0.15) is 11.6 Å². The van der Waals surface area contributed by atoms with Gasteiger partial charge in [0.05, 0.1) is 0 Å². The minimum Gasteiger partial charge on any atom is -0.355 e. The second-order valence-corrected chi connectivity index (χ2v) is 5.28. The third-order valence-electron chi connectivity index (χ3n) is 3.56. The zero-order chi connectivity index (χ0) is 15.6. The Kier molecular flexibility index (Phi) is 4.52. The van der Waals surface area contributed by atoms with E-state index in [-0.39, 0.29) is 17.7 Å². The van der Waals surface area contributed by atoms with Gasteiger partial charge in [-0.05, 0) is 26.9 Å². The van der Waals surface area contributed by atoms with Gasteiger partial charge in [0.25, 0.3) is 0 Å². The van der Waals surface area contributed by atoms with E-state index >= 15 is 0 Å². The van der Waals surface area contributed by atoms with Crippen molar-refractivity contribution >= 4 is 11.6 Å². The summed E-state index contributed by atoms with van der Waals surface area (Å²) in [5.74, 6) is 4.23. The number of hydrogen-bond donors (Lipinski definition) is 2. The predicted molar refractivity (Wildman–Crippen MR) is 73.8 cm³/mol. The van der Waals surface area contributed by atoms with Gasteiger partial charge in [0, 0.05) is 25.2 Å². The largest absolute Gasteiger partial charge is 0.451 e. The number of alkyl halides is 3. The number of nitrogens with one attached hydrogen (secondary N) is 1. The Labute approximate surface area is 121 Å². The Bertz CT molecular complexity index is 490. The highest BCUT2D eigenvalue weighted by Gasteiger charge is 2.36. The number of hydrazine groups is 1. The quantitative estimate of drug-likeness (QED) is 0.648. The molecule has 3 N–H and O–H groups in total. The molecule has 2 heterocycles. The summed E-state index contributed by atoms with van der Waals surface area (Å²) in [5, 5.41) is 0. The molecular formula is C12H19F3N6. The number of nitrogen functional groups attached to an aromatic ring is 1. The molecule has 9 heteroatoms. The molecule has 118 valence electrons. The molecule has 1 aliphatic rings. The van der Waals surface area contributed by atoms with E-state index in [1.54, 1.807) is 0 Å². The lowest BCUT2D eigenvalue weighted by Gasteiger charge is -2.37.